The van der Waals surface area contributed by atoms with Gasteiger partial charge in [-0.05, 0) is 12.0 Å². The largest absolute Gasteiger partial charge is 0.480 e. The molecule has 0 saturated carbocycles. The minimum absolute atomic E-state index is 0.164. The number of amides is 1. The fraction of sp³-hybridized carbons (Fsp3) is 0.429. The molecule has 18 heavy (non-hydrogen) atoms. The Morgan fingerprint density at radius 2 is 1.89 bits per heavy atom. The van der Waals surface area contributed by atoms with Crippen molar-refractivity contribution in [2.45, 2.75) is 32.7 Å². The molecular weight excluding hydrogens is 230 g/mol. The number of carboxylic acid groups (broad SMARTS) is 1. The number of carboxylic acids is 1. The van der Waals surface area contributed by atoms with Crippen molar-refractivity contribution in [3.05, 3.63) is 35.9 Å². The van der Waals surface area contributed by atoms with Crippen LogP contribution in [-0.4, -0.2) is 23.0 Å². The lowest BCUT2D eigenvalue weighted by Crippen LogP contribution is -2.44. The first kappa shape index (κ1) is 14.2. The third kappa shape index (κ3) is 4.20. The van der Waals surface area contributed by atoms with Crippen molar-refractivity contribution in [2.75, 3.05) is 0 Å². The van der Waals surface area contributed by atoms with Crippen LogP contribution in [0.1, 0.15) is 25.8 Å². The topological polar surface area (TPSA) is 66.4 Å². The molecule has 0 aliphatic carbocycles. The van der Waals surface area contributed by atoms with E-state index >= 15 is 0 Å². The van der Waals surface area contributed by atoms with Crippen molar-refractivity contribution in [2.24, 2.45) is 5.92 Å². The van der Waals surface area contributed by atoms with E-state index in [4.69, 9.17) is 5.11 Å². The molecule has 0 aliphatic heterocycles. The van der Waals surface area contributed by atoms with Crippen LogP contribution in [0.3, 0.4) is 0 Å². The van der Waals surface area contributed by atoms with Crippen LogP contribution in [0, 0.1) is 5.92 Å². The van der Waals surface area contributed by atoms with Gasteiger partial charge < -0.3 is 10.4 Å². The summed E-state index contributed by atoms with van der Waals surface area (Å²) in [5.74, 6) is -1.38. The molecule has 0 saturated heterocycles. The van der Waals surface area contributed by atoms with Gasteiger partial charge in [-0.2, -0.15) is 0 Å². The van der Waals surface area contributed by atoms with E-state index in [2.05, 4.69) is 5.32 Å². The summed E-state index contributed by atoms with van der Waals surface area (Å²) in [7, 11) is 0. The lowest BCUT2D eigenvalue weighted by Gasteiger charge is -2.17. The molecule has 0 aromatic heterocycles. The number of nitrogens with one attached hydrogen (secondary N) is 1. The molecule has 2 N–H and O–H groups in total. The second-order valence-corrected chi connectivity index (χ2v) is 4.40. The summed E-state index contributed by atoms with van der Waals surface area (Å²) < 4.78 is 0. The highest BCUT2D eigenvalue weighted by Crippen LogP contribution is 2.06. The molecule has 0 heterocycles. The molecule has 98 valence electrons. The minimum Gasteiger partial charge on any atom is -0.480 e. The lowest BCUT2D eigenvalue weighted by molar-refractivity contribution is -0.142. The standard InChI is InChI=1S/C14H19NO3/c1-3-10(2)13(16)15-12(14(17)18)9-11-7-5-4-6-8-11/h4-8,10,12H,3,9H2,1-2H3,(H,15,16)(H,17,18)/t10?,12-/m1/s1. The van der Waals surface area contributed by atoms with Gasteiger partial charge in [0.1, 0.15) is 6.04 Å². The Kier molecular flexibility index (Phi) is 5.36. The van der Waals surface area contributed by atoms with Crippen molar-refractivity contribution >= 4 is 11.9 Å². The van der Waals surface area contributed by atoms with Crippen LogP contribution in [-0.2, 0) is 16.0 Å². The van der Waals surface area contributed by atoms with Crippen molar-refractivity contribution in [3.63, 3.8) is 0 Å². The highest BCUT2D eigenvalue weighted by molar-refractivity contribution is 5.84. The predicted molar refractivity (Wildman–Crippen MR) is 69.2 cm³/mol. The molecule has 1 amide bonds. The summed E-state index contributed by atoms with van der Waals surface area (Å²) in [6.07, 6.45) is 1.00. The number of carbonyl (C=O) groups is 2. The van der Waals surface area contributed by atoms with Gasteiger partial charge in [0, 0.05) is 12.3 Å². The molecule has 1 aromatic carbocycles. The molecule has 1 rings (SSSR count). The predicted octanol–water partition coefficient (Wildman–Crippen LogP) is 1.84. The van der Waals surface area contributed by atoms with Crippen LogP contribution in [0.2, 0.25) is 0 Å². The molecular formula is C14H19NO3. The van der Waals surface area contributed by atoms with Crippen LogP contribution < -0.4 is 5.32 Å². The zero-order chi connectivity index (χ0) is 13.5. The molecule has 0 radical (unpaired) electrons. The average Bonchev–Trinajstić information content (AvgIpc) is 2.37. The maximum atomic E-state index is 11.7. The molecule has 0 aliphatic rings. The number of benzene rings is 1. The zero-order valence-electron chi connectivity index (χ0n) is 10.7. The van der Waals surface area contributed by atoms with Gasteiger partial charge in [-0.1, -0.05) is 44.2 Å². The van der Waals surface area contributed by atoms with Crippen LogP contribution in [0.25, 0.3) is 0 Å². The molecule has 4 nitrogen and oxygen atoms in total. The quantitative estimate of drug-likeness (QED) is 0.808. The summed E-state index contributed by atoms with van der Waals surface area (Å²) in [5.41, 5.74) is 0.898. The number of hydrogen-bond acceptors (Lipinski definition) is 2. The molecule has 2 atom stereocenters. The van der Waals surface area contributed by atoms with E-state index in [9.17, 15) is 9.59 Å². The van der Waals surface area contributed by atoms with Gasteiger partial charge in [0.15, 0.2) is 0 Å². The third-order valence-corrected chi connectivity index (χ3v) is 2.96. The van der Waals surface area contributed by atoms with Crippen LogP contribution in [0.5, 0.6) is 0 Å². The molecule has 1 aromatic rings. The van der Waals surface area contributed by atoms with Gasteiger partial charge >= 0.3 is 5.97 Å². The highest BCUT2D eigenvalue weighted by atomic mass is 16.4. The summed E-state index contributed by atoms with van der Waals surface area (Å²) >= 11 is 0. The first-order chi connectivity index (χ1) is 8.54. The SMILES string of the molecule is CCC(C)C(=O)N[C@H](Cc1ccccc1)C(=O)O. The highest BCUT2D eigenvalue weighted by Gasteiger charge is 2.22. The van der Waals surface area contributed by atoms with Crippen molar-refractivity contribution < 1.29 is 14.7 Å². The second-order valence-electron chi connectivity index (χ2n) is 4.40. The maximum absolute atomic E-state index is 11.7. The Morgan fingerprint density at radius 1 is 1.28 bits per heavy atom. The summed E-state index contributed by atoms with van der Waals surface area (Å²) in [5, 5.41) is 11.7. The average molecular weight is 249 g/mol. The normalized spacial score (nSPS) is 13.7. The van der Waals surface area contributed by atoms with Gasteiger partial charge in [-0.3, -0.25) is 4.79 Å². The Bertz CT molecular complexity index is 403. The molecule has 0 bridgehead atoms. The van der Waals surface area contributed by atoms with Gasteiger partial charge in [0.25, 0.3) is 0 Å². The van der Waals surface area contributed by atoms with E-state index in [1.807, 2.05) is 37.3 Å². The number of hydrogen-bond donors (Lipinski definition) is 2. The summed E-state index contributed by atoms with van der Waals surface area (Å²) in [6.45, 7) is 3.69. The van der Waals surface area contributed by atoms with E-state index in [0.717, 1.165) is 5.56 Å². The van der Waals surface area contributed by atoms with Crippen LogP contribution >= 0.6 is 0 Å². The smallest absolute Gasteiger partial charge is 0.326 e. The van der Waals surface area contributed by atoms with E-state index < -0.39 is 12.0 Å². The maximum Gasteiger partial charge on any atom is 0.326 e. The Hall–Kier alpha value is -1.84. The van der Waals surface area contributed by atoms with Crippen molar-refractivity contribution in [1.29, 1.82) is 0 Å². The minimum atomic E-state index is -1.00. The molecule has 1 unspecified atom stereocenters. The van der Waals surface area contributed by atoms with E-state index in [1.54, 1.807) is 6.92 Å². The Labute approximate surface area is 107 Å². The molecule has 0 spiro atoms. The first-order valence-corrected chi connectivity index (χ1v) is 6.11. The fourth-order valence-corrected chi connectivity index (χ4v) is 1.55. The van der Waals surface area contributed by atoms with Gasteiger partial charge in [0.2, 0.25) is 5.91 Å². The Morgan fingerprint density at radius 3 is 2.39 bits per heavy atom. The number of carbonyl (C=O) groups excluding carboxylic acids is 1. The molecule has 4 heteroatoms. The van der Waals surface area contributed by atoms with E-state index in [1.165, 1.54) is 0 Å². The van der Waals surface area contributed by atoms with Gasteiger partial charge in [-0.25, -0.2) is 4.79 Å². The zero-order valence-corrected chi connectivity index (χ0v) is 10.7. The molecule has 0 fully saturated rings. The summed E-state index contributed by atoms with van der Waals surface area (Å²) in [4.78, 5) is 22.8. The van der Waals surface area contributed by atoms with Crippen LogP contribution in [0.4, 0.5) is 0 Å². The first-order valence-electron chi connectivity index (χ1n) is 6.11. The van der Waals surface area contributed by atoms with Gasteiger partial charge in [-0.15, -0.1) is 0 Å². The van der Waals surface area contributed by atoms with E-state index in [-0.39, 0.29) is 11.8 Å². The lowest BCUT2D eigenvalue weighted by atomic mass is 10.0. The fourth-order valence-electron chi connectivity index (χ4n) is 1.55. The third-order valence-electron chi connectivity index (χ3n) is 2.96. The summed E-state index contributed by atoms with van der Waals surface area (Å²) in [6, 6.07) is 8.41. The van der Waals surface area contributed by atoms with Crippen molar-refractivity contribution in [3.8, 4) is 0 Å². The monoisotopic (exact) mass is 249 g/mol. The number of rotatable bonds is 6. The van der Waals surface area contributed by atoms with E-state index in [0.29, 0.717) is 12.8 Å². The second kappa shape index (κ2) is 6.79. The van der Waals surface area contributed by atoms with Crippen LogP contribution in [0.15, 0.2) is 30.3 Å². The van der Waals surface area contributed by atoms with Crippen molar-refractivity contribution in [1.82, 2.24) is 5.32 Å². The van der Waals surface area contributed by atoms with Gasteiger partial charge in [0.05, 0.1) is 0 Å². The number of aliphatic carboxylic acids is 1. The Balaban J connectivity index is 2.67.